The summed E-state index contributed by atoms with van der Waals surface area (Å²) in [5.74, 6) is -3.36. The molecule has 0 radical (unpaired) electrons. The first kappa shape index (κ1) is 10.9. The van der Waals surface area contributed by atoms with Crippen molar-refractivity contribution in [1.29, 1.82) is 5.41 Å². The standard InChI is InChI=1S/C6H8F3NO2/c1-3(10)4(5(11)12)2-6(7,8)9/h4,10H,2H2,1H3,(H,11,12). The van der Waals surface area contributed by atoms with E-state index in [1.807, 2.05) is 0 Å². The Morgan fingerprint density at radius 2 is 2.00 bits per heavy atom. The zero-order chi connectivity index (χ0) is 9.94. The minimum atomic E-state index is -4.54. The van der Waals surface area contributed by atoms with Gasteiger partial charge < -0.3 is 10.5 Å². The zero-order valence-electron chi connectivity index (χ0n) is 6.27. The summed E-state index contributed by atoms with van der Waals surface area (Å²) in [6.45, 7) is 1.05. The number of halogens is 3. The van der Waals surface area contributed by atoms with Gasteiger partial charge in [0.1, 0.15) is 5.92 Å². The Kier molecular flexibility index (Phi) is 3.24. The van der Waals surface area contributed by atoms with E-state index in [1.165, 1.54) is 0 Å². The Morgan fingerprint density at radius 1 is 1.58 bits per heavy atom. The lowest BCUT2D eigenvalue weighted by Crippen LogP contribution is -2.27. The first-order valence-electron chi connectivity index (χ1n) is 3.08. The van der Waals surface area contributed by atoms with E-state index in [0.717, 1.165) is 6.92 Å². The SMILES string of the molecule is CC(=N)C(CC(F)(F)F)C(=O)O. The normalized spacial score (nSPS) is 14.0. The first-order valence-corrected chi connectivity index (χ1v) is 3.08. The molecule has 0 bridgehead atoms. The third kappa shape index (κ3) is 3.95. The van der Waals surface area contributed by atoms with Crippen molar-refractivity contribution in [2.24, 2.45) is 5.92 Å². The highest BCUT2D eigenvalue weighted by Crippen LogP contribution is 2.25. The van der Waals surface area contributed by atoms with Crippen molar-refractivity contribution < 1.29 is 23.1 Å². The van der Waals surface area contributed by atoms with Crippen LogP contribution in [0.1, 0.15) is 13.3 Å². The maximum absolute atomic E-state index is 11.7. The minimum absolute atomic E-state index is 0.486. The van der Waals surface area contributed by atoms with Crippen LogP contribution in [0.25, 0.3) is 0 Å². The summed E-state index contributed by atoms with van der Waals surface area (Å²) in [4.78, 5) is 10.2. The Hall–Kier alpha value is -1.07. The molecule has 0 aromatic carbocycles. The van der Waals surface area contributed by atoms with Gasteiger partial charge in [0.2, 0.25) is 0 Å². The predicted molar refractivity (Wildman–Crippen MR) is 35.2 cm³/mol. The molecule has 2 N–H and O–H groups in total. The molecule has 70 valence electrons. The van der Waals surface area contributed by atoms with Crippen LogP contribution in [-0.2, 0) is 4.79 Å². The molecule has 0 aliphatic heterocycles. The van der Waals surface area contributed by atoms with E-state index in [4.69, 9.17) is 10.5 Å². The van der Waals surface area contributed by atoms with E-state index in [-0.39, 0.29) is 0 Å². The lowest BCUT2D eigenvalue weighted by atomic mass is 10.0. The van der Waals surface area contributed by atoms with Crippen LogP contribution in [0.4, 0.5) is 13.2 Å². The number of alkyl halides is 3. The van der Waals surface area contributed by atoms with Crippen LogP contribution in [0.3, 0.4) is 0 Å². The van der Waals surface area contributed by atoms with Crippen molar-refractivity contribution in [2.45, 2.75) is 19.5 Å². The molecule has 0 amide bonds. The van der Waals surface area contributed by atoms with E-state index in [1.54, 1.807) is 0 Å². The van der Waals surface area contributed by atoms with E-state index in [2.05, 4.69) is 0 Å². The molecule has 0 spiro atoms. The number of hydrogen-bond donors (Lipinski definition) is 2. The molecule has 0 aromatic rings. The molecule has 0 aromatic heterocycles. The number of rotatable bonds is 3. The number of carbonyl (C=O) groups is 1. The molecule has 0 saturated heterocycles. The number of carboxylic acids is 1. The summed E-state index contributed by atoms with van der Waals surface area (Å²) in [5.41, 5.74) is -0.486. The average Bonchev–Trinajstić information content (AvgIpc) is 1.79. The number of hydrogen-bond acceptors (Lipinski definition) is 2. The van der Waals surface area contributed by atoms with Gasteiger partial charge in [0.05, 0.1) is 6.42 Å². The molecule has 12 heavy (non-hydrogen) atoms. The summed E-state index contributed by atoms with van der Waals surface area (Å²) in [6, 6.07) is 0. The van der Waals surface area contributed by atoms with Gasteiger partial charge in [0, 0.05) is 5.71 Å². The molecule has 0 rings (SSSR count). The Morgan fingerprint density at radius 3 is 2.08 bits per heavy atom. The molecule has 0 saturated carbocycles. The first-order chi connectivity index (χ1) is 5.24. The largest absolute Gasteiger partial charge is 0.481 e. The van der Waals surface area contributed by atoms with Crippen LogP contribution in [0.15, 0.2) is 0 Å². The maximum atomic E-state index is 11.7. The van der Waals surface area contributed by atoms with E-state index >= 15 is 0 Å². The molecule has 6 heteroatoms. The summed E-state index contributed by atoms with van der Waals surface area (Å²) < 4.78 is 35.0. The Bertz CT molecular complexity index is 185. The smallest absolute Gasteiger partial charge is 0.390 e. The minimum Gasteiger partial charge on any atom is -0.481 e. The Balaban J connectivity index is 4.35. The monoisotopic (exact) mass is 183 g/mol. The van der Waals surface area contributed by atoms with Crippen molar-refractivity contribution in [1.82, 2.24) is 0 Å². The van der Waals surface area contributed by atoms with Crippen LogP contribution in [0.2, 0.25) is 0 Å². The lowest BCUT2D eigenvalue weighted by molar-refractivity contribution is -0.158. The van der Waals surface area contributed by atoms with Crippen molar-refractivity contribution in [3.8, 4) is 0 Å². The third-order valence-electron chi connectivity index (χ3n) is 1.26. The summed E-state index contributed by atoms with van der Waals surface area (Å²) in [6.07, 6.45) is -6.01. The van der Waals surface area contributed by atoms with E-state index in [9.17, 15) is 18.0 Å². The second kappa shape index (κ2) is 3.55. The van der Waals surface area contributed by atoms with Gasteiger partial charge in [-0.25, -0.2) is 0 Å². The highest BCUT2D eigenvalue weighted by atomic mass is 19.4. The molecular weight excluding hydrogens is 175 g/mol. The average molecular weight is 183 g/mol. The maximum Gasteiger partial charge on any atom is 0.390 e. The highest BCUT2D eigenvalue weighted by molar-refractivity contribution is 5.98. The fourth-order valence-electron chi connectivity index (χ4n) is 0.657. The number of nitrogens with one attached hydrogen (secondary N) is 1. The molecule has 0 aliphatic carbocycles. The van der Waals surface area contributed by atoms with Crippen molar-refractivity contribution >= 4 is 11.7 Å². The summed E-state index contributed by atoms with van der Waals surface area (Å²) >= 11 is 0. The van der Waals surface area contributed by atoms with Crippen LogP contribution in [-0.4, -0.2) is 23.0 Å². The molecule has 0 aliphatic rings. The molecule has 1 atom stereocenters. The van der Waals surface area contributed by atoms with Gasteiger partial charge in [0.15, 0.2) is 0 Å². The third-order valence-corrected chi connectivity index (χ3v) is 1.26. The summed E-state index contributed by atoms with van der Waals surface area (Å²) in [5, 5.41) is 15.0. The Labute approximate surface area is 66.7 Å². The van der Waals surface area contributed by atoms with Crippen molar-refractivity contribution in [3.63, 3.8) is 0 Å². The number of carboxylic acid groups (broad SMARTS) is 1. The van der Waals surface area contributed by atoms with Gasteiger partial charge >= 0.3 is 12.1 Å². The highest BCUT2D eigenvalue weighted by Gasteiger charge is 2.36. The number of aliphatic carboxylic acids is 1. The van der Waals surface area contributed by atoms with Crippen LogP contribution < -0.4 is 0 Å². The molecule has 0 fully saturated rings. The predicted octanol–water partition coefficient (Wildman–Crippen LogP) is 1.68. The second-order valence-corrected chi connectivity index (χ2v) is 2.39. The van der Waals surface area contributed by atoms with E-state index < -0.39 is 30.2 Å². The van der Waals surface area contributed by atoms with Gasteiger partial charge in [-0.05, 0) is 6.92 Å². The van der Waals surface area contributed by atoms with Crippen LogP contribution in [0.5, 0.6) is 0 Å². The zero-order valence-corrected chi connectivity index (χ0v) is 6.27. The van der Waals surface area contributed by atoms with Gasteiger partial charge in [-0.15, -0.1) is 0 Å². The van der Waals surface area contributed by atoms with Gasteiger partial charge in [-0.2, -0.15) is 13.2 Å². The topological polar surface area (TPSA) is 61.2 Å². The van der Waals surface area contributed by atoms with Crippen LogP contribution in [0, 0.1) is 11.3 Å². The molecular formula is C6H8F3NO2. The van der Waals surface area contributed by atoms with Crippen LogP contribution >= 0.6 is 0 Å². The van der Waals surface area contributed by atoms with Gasteiger partial charge in [0.25, 0.3) is 0 Å². The van der Waals surface area contributed by atoms with Crippen molar-refractivity contribution in [3.05, 3.63) is 0 Å². The second-order valence-electron chi connectivity index (χ2n) is 2.39. The molecule has 1 unspecified atom stereocenters. The fourth-order valence-corrected chi connectivity index (χ4v) is 0.657. The van der Waals surface area contributed by atoms with Gasteiger partial charge in [-0.3, -0.25) is 4.79 Å². The van der Waals surface area contributed by atoms with Gasteiger partial charge in [-0.1, -0.05) is 0 Å². The lowest BCUT2D eigenvalue weighted by Gasteiger charge is -2.12. The summed E-state index contributed by atoms with van der Waals surface area (Å²) in [7, 11) is 0. The van der Waals surface area contributed by atoms with Crippen molar-refractivity contribution in [2.75, 3.05) is 0 Å². The fraction of sp³-hybridized carbons (Fsp3) is 0.667. The molecule has 0 heterocycles. The quantitative estimate of drug-likeness (QED) is 0.654. The van der Waals surface area contributed by atoms with E-state index in [0.29, 0.717) is 0 Å². The molecule has 3 nitrogen and oxygen atoms in total.